The molecule has 0 aliphatic heterocycles. The maximum absolute atomic E-state index is 9.15. The van der Waals surface area contributed by atoms with Gasteiger partial charge < -0.3 is 10.4 Å². The number of hydrogen-bond acceptors (Lipinski definition) is 2. The van der Waals surface area contributed by atoms with Crippen LogP contribution in [-0.2, 0) is 0 Å². The molecule has 1 rings (SSSR count). The smallest absolute Gasteiger partial charge is 0.0573 e. The molecule has 0 aromatic carbocycles. The van der Waals surface area contributed by atoms with Crippen molar-refractivity contribution in [2.24, 2.45) is 11.8 Å². The Morgan fingerprint density at radius 1 is 1.31 bits per heavy atom. The summed E-state index contributed by atoms with van der Waals surface area (Å²) in [6, 6.07) is 0. The Bertz CT molecular complexity index is 173. The first-order valence-electron chi connectivity index (χ1n) is 5.13. The van der Waals surface area contributed by atoms with Gasteiger partial charge in [0, 0.05) is 6.61 Å². The van der Waals surface area contributed by atoms with E-state index in [2.05, 4.69) is 11.2 Å². The Morgan fingerprint density at radius 2 is 2.00 bits per heavy atom. The van der Waals surface area contributed by atoms with Gasteiger partial charge in [-0.3, -0.25) is 0 Å². The lowest BCUT2D eigenvalue weighted by Gasteiger charge is -2.30. The van der Waals surface area contributed by atoms with Crippen molar-refractivity contribution >= 4 is 0 Å². The van der Waals surface area contributed by atoms with Crippen molar-refractivity contribution in [1.82, 2.24) is 5.32 Å². The molecule has 0 spiro atoms. The second kappa shape index (κ2) is 6.01. The predicted octanol–water partition coefficient (Wildman–Crippen LogP) is 1.01. The molecule has 0 aromatic rings. The van der Waals surface area contributed by atoms with E-state index in [1.54, 1.807) is 0 Å². The van der Waals surface area contributed by atoms with Crippen LogP contribution in [-0.4, -0.2) is 24.8 Å². The van der Waals surface area contributed by atoms with E-state index in [9.17, 15) is 0 Å². The summed E-state index contributed by atoms with van der Waals surface area (Å²) in [6.07, 6.45) is 10.1. The Labute approximate surface area is 80.7 Å². The van der Waals surface area contributed by atoms with Crippen LogP contribution in [0.5, 0.6) is 0 Å². The van der Waals surface area contributed by atoms with Crippen LogP contribution in [0.25, 0.3) is 0 Å². The summed E-state index contributed by atoms with van der Waals surface area (Å²) in [5.41, 5.74) is 0. The Balaban J connectivity index is 2.24. The van der Waals surface area contributed by atoms with E-state index >= 15 is 0 Å². The van der Waals surface area contributed by atoms with Crippen molar-refractivity contribution in [3.63, 3.8) is 0 Å². The molecule has 0 saturated heterocycles. The van der Waals surface area contributed by atoms with Crippen LogP contribution in [0.15, 0.2) is 0 Å². The van der Waals surface area contributed by atoms with E-state index in [0.717, 1.165) is 6.54 Å². The molecule has 2 unspecified atom stereocenters. The summed E-state index contributed by atoms with van der Waals surface area (Å²) in [7, 11) is 0. The van der Waals surface area contributed by atoms with Crippen LogP contribution in [0.2, 0.25) is 0 Å². The summed E-state index contributed by atoms with van der Waals surface area (Å²) < 4.78 is 0. The Kier molecular flexibility index (Phi) is 4.88. The third kappa shape index (κ3) is 3.38. The molecule has 2 nitrogen and oxygen atoms in total. The highest BCUT2D eigenvalue weighted by Crippen LogP contribution is 2.28. The van der Waals surface area contributed by atoms with Crippen molar-refractivity contribution in [1.29, 1.82) is 0 Å². The Hall–Kier alpha value is -0.520. The largest absolute Gasteiger partial charge is 0.396 e. The summed E-state index contributed by atoms with van der Waals surface area (Å²) >= 11 is 0. The number of aliphatic hydroxyl groups excluding tert-OH is 1. The summed E-state index contributed by atoms with van der Waals surface area (Å²) in [5, 5.41) is 12.4. The van der Waals surface area contributed by atoms with E-state index in [-0.39, 0.29) is 0 Å². The number of nitrogens with one attached hydrogen (secondary N) is 1. The highest BCUT2D eigenvalue weighted by atomic mass is 16.3. The first-order valence-corrected chi connectivity index (χ1v) is 5.13. The maximum Gasteiger partial charge on any atom is 0.0573 e. The number of terminal acetylenes is 1. The second-order valence-electron chi connectivity index (χ2n) is 3.82. The van der Waals surface area contributed by atoms with Crippen LogP contribution in [0.3, 0.4) is 0 Å². The van der Waals surface area contributed by atoms with Gasteiger partial charge in [-0.05, 0) is 31.2 Å². The fraction of sp³-hybridized carbons (Fsp3) is 0.818. The minimum Gasteiger partial charge on any atom is -0.396 e. The Morgan fingerprint density at radius 3 is 2.62 bits per heavy atom. The molecule has 13 heavy (non-hydrogen) atoms. The van der Waals surface area contributed by atoms with Gasteiger partial charge in [-0.1, -0.05) is 18.8 Å². The van der Waals surface area contributed by atoms with Gasteiger partial charge in [0.05, 0.1) is 6.54 Å². The van der Waals surface area contributed by atoms with Gasteiger partial charge in [0.1, 0.15) is 0 Å². The van der Waals surface area contributed by atoms with Crippen molar-refractivity contribution in [2.45, 2.75) is 25.7 Å². The predicted molar refractivity (Wildman–Crippen MR) is 54.2 cm³/mol. The highest BCUT2D eigenvalue weighted by Gasteiger charge is 2.23. The molecule has 0 amide bonds. The molecule has 1 aliphatic rings. The lowest BCUT2D eigenvalue weighted by atomic mass is 9.80. The van der Waals surface area contributed by atoms with Crippen LogP contribution in [0, 0.1) is 24.2 Å². The number of hydrogen-bond donors (Lipinski definition) is 2. The summed E-state index contributed by atoms with van der Waals surface area (Å²) in [4.78, 5) is 0. The lowest BCUT2D eigenvalue weighted by molar-refractivity contribution is 0.134. The highest BCUT2D eigenvalue weighted by molar-refractivity contribution is 4.87. The fourth-order valence-corrected chi connectivity index (χ4v) is 2.12. The molecule has 2 heteroatoms. The molecule has 74 valence electrons. The third-order valence-electron chi connectivity index (χ3n) is 2.93. The average molecular weight is 181 g/mol. The van der Waals surface area contributed by atoms with Gasteiger partial charge in [-0.2, -0.15) is 0 Å². The molecule has 0 bridgehead atoms. The van der Waals surface area contributed by atoms with E-state index in [1.165, 1.54) is 25.7 Å². The maximum atomic E-state index is 9.15. The molecule has 2 atom stereocenters. The van der Waals surface area contributed by atoms with Crippen molar-refractivity contribution in [2.75, 3.05) is 19.7 Å². The molecule has 1 fully saturated rings. The third-order valence-corrected chi connectivity index (χ3v) is 2.93. The minimum atomic E-state index is 0.336. The van der Waals surface area contributed by atoms with Crippen molar-refractivity contribution < 1.29 is 5.11 Å². The summed E-state index contributed by atoms with van der Waals surface area (Å²) in [6.45, 7) is 1.95. The SMILES string of the molecule is C#CCNCC1CCCCC1CO. The fourth-order valence-electron chi connectivity index (χ4n) is 2.12. The zero-order valence-corrected chi connectivity index (χ0v) is 8.13. The zero-order chi connectivity index (χ0) is 9.52. The normalized spacial score (nSPS) is 28.3. The van der Waals surface area contributed by atoms with Gasteiger partial charge in [-0.15, -0.1) is 6.42 Å². The quantitative estimate of drug-likeness (QED) is 0.501. The molecule has 0 aromatic heterocycles. The van der Waals surface area contributed by atoms with Gasteiger partial charge in [-0.25, -0.2) is 0 Å². The average Bonchev–Trinajstić information content (AvgIpc) is 2.19. The van der Waals surface area contributed by atoms with Crippen LogP contribution in [0.4, 0.5) is 0 Å². The molecule has 0 heterocycles. The molecular formula is C11H19NO. The molecule has 1 saturated carbocycles. The number of aliphatic hydroxyl groups is 1. The molecule has 2 N–H and O–H groups in total. The second-order valence-corrected chi connectivity index (χ2v) is 3.82. The van der Waals surface area contributed by atoms with Crippen molar-refractivity contribution in [3.8, 4) is 12.3 Å². The van der Waals surface area contributed by atoms with E-state index in [0.29, 0.717) is 25.0 Å². The van der Waals surface area contributed by atoms with Gasteiger partial charge in [0.15, 0.2) is 0 Å². The molecular weight excluding hydrogens is 162 g/mol. The van der Waals surface area contributed by atoms with E-state index < -0.39 is 0 Å². The van der Waals surface area contributed by atoms with Crippen LogP contribution >= 0.6 is 0 Å². The number of rotatable bonds is 4. The van der Waals surface area contributed by atoms with Gasteiger partial charge in [0.25, 0.3) is 0 Å². The monoisotopic (exact) mass is 181 g/mol. The van der Waals surface area contributed by atoms with Gasteiger partial charge >= 0.3 is 0 Å². The van der Waals surface area contributed by atoms with Gasteiger partial charge in [0.2, 0.25) is 0 Å². The zero-order valence-electron chi connectivity index (χ0n) is 8.13. The minimum absolute atomic E-state index is 0.336. The topological polar surface area (TPSA) is 32.3 Å². The van der Waals surface area contributed by atoms with E-state index in [4.69, 9.17) is 11.5 Å². The van der Waals surface area contributed by atoms with Crippen LogP contribution < -0.4 is 5.32 Å². The summed E-state index contributed by atoms with van der Waals surface area (Å²) in [5.74, 6) is 3.70. The molecule has 1 aliphatic carbocycles. The molecule has 0 radical (unpaired) electrons. The first-order chi connectivity index (χ1) is 6.38. The lowest BCUT2D eigenvalue weighted by Crippen LogP contribution is -2.32. The standard InChI is InChI=1S/C11H19NO/c1-2-7-12-8-10-5-3-4-6-11(10)9-13/h1,10-13H,3-9H2. The van der Waals surface area contributed by atoms with Crippen molar-refractivity contribution in [3.05, 3.63) is 0 Å². The van der Waals surface area contributed by atoms with Crippen LogP contribution in [0.1, 0.15) is 25.7 Å². The first kappa shape index (κ1) is 10.6. The van der Waals surface area contributed by atoms with E-state index in [1.807, 2.05) is 0 Å².